The average molecular weight is 317 g/mol. The first-order valence-electron chi connectivity index (χ1n) is 7.15. The molecule has 0 spiro atoms. The Morgan fingerprint density at radius 3 is 2.68 bits per heavy atom. The van der Waals surface area contributed by atoms with Gasteiger partial charge >= 0.3 is 0 Å². The molecule has 1 aliphatic rings. The largest absolute Gasteiger partial charge is 0.486 e. The lowest BCUT2D eigenvalue weighted by molar-refractivity contribution is 0.171. The summed E-state index contributed by atoms with van der Waals surface area (Å²) in [5.74, 6) is 2.56. The Morgan fingerprint density at radius 2 is 1.91 bits per heavy atom. The molecule has 0 N–H and O–H groups in total. The number of anilines is 1. The van der Waals surface area contributed by atoms with E-state index in [4.69, 9.17) is 9.47 Å². The Morgan fingerprint density at radius 1 is 1.14 bits per heavy atom. The third-order valence-corrected chi connectivity index (χ3v) is 3.97. The lowest BCUT2D eigenvalue weighted by Gasteiger charge is -2.22. The molecule has 2 aromatic rings. The topological polar surface area (TPSA) is 47.5 Å². The smallest absolute Gasteiger partial charge is 0.189 e. The quantitative estimate of drug-likeness (QED) is 0.638. The first kappa shape index (κ1) is 15.0. The molecule has 3 rings (SSSR count). The lowest BCUT2D eigenvalue weighted by atomic mass is 10.2. The molecule has 116 valence electrons. The van der Waals surface area contributed by atoms with E-state index in [-0.39, 0.29) is 0 Å². The van der Waals surface area contributed by atoms with Crippen LogP contribution < -0.4 is 14.4 Å². The van der Waals surface area contributed by atoms with Gasteiger partial charge in [0.25, 0.3) is 0 Å². The van der Waals surface area contributed by atoms with E-state index < -0.39 is 0 Å². The first-order chi connectivity index (χ1) is 10.7. The number of aryl methyl sites for hydroxylation is 1. The molecule has 22 heavy (non-hydrogen) atoms. The lowest BCUT2D eigenvalue weighted by Crippen LogP contribution is -2.19. The number of fused-ring (bicyclic) bond motifs is 1. The normalized spacial score (nSPS) is 13.0. The van der Waals surface area contributed by atoms with Crippen molar-refractivity contribution in [2.75, 3.05) is 31.4 Å². The number of nitrogens with zero attached hydrogens (tertiary/aromatic N) is 3. The van der Waals surface area contributed by atoms with Crippen LogP contribution in [0.25, 0.3) is 0 Å². The molecule has 0 aliphatic carbocycles. The molecule has 0 radical (unpaired) electrons. The first-order valence-corrected chi connectivity index (χ1v) is 8.37. The van der Waals surface area contributed by atoms with Crippen molar-refractivity contribution in [3.63, 3.8) is 0 Å². The molecule has 6 heteroatoms. The van der Waals surface area contributed by atoms with E-state index in [2.05, 4.69) is 20.9 Å². The Hall–Kier alpha value is -1.95. The maximum Gasteiger partial charge on any atom is 0.189 e. The van der Waals surface area contributed by atoms with Gasteiger partial charge in [0.1, 0.15) is 19.0 Å². The van der Waals surface area contributed by atoms with E-state index in [1.165, 1.54) is 0 Å². The minimum absolute atomic E-state index is 0.606. The average Bonchev–Trinajstić information content (AvgIpc) is 2.54. The van der Waals surface area contributed by atoms with Crippen LogP contribution in [0.15, 0.2) is 29.4 Å². The molecule has 1 aliphatic heterocycles. The summed E-state index contributed by atoms with van der Waals surface area (Å²) < 4.78 is 11.2. The molecule has 0 fully saturated rings. The zero-order valence-corrected chi connectivity index (χ0v) is 13.8. The van der Waals surface area contributed by atoms with E-state index in [0.29, 0.717) is 13.2 Å². The van der Waals surface area contributed by atoms with Crippen molar-refractivity contribution in [2.45, 2.75) is 18.6 Å². The number of rotatable bonds is 4. The zero-order chi connectivity index (χ0) is 15.5. The maximum atomic E-state index is 5.63. The number of hydrogen-bond donors (Lipinski definition) is 0. The second-order valence-corrected chi connectivity index (χ2v) is 5.96. The number of thioether (sulfide) groups is 1. The highest BCUT2D eigenvalue weighted by molar-refractivity contribution is 7.98. The zero-order valence-electron chi connectivity index (χ0n) is 13.0. The highest BCUT2D eigenvalue weighted by Crippen LogP contribution is 2.31. The van der Waals surface area contributed by atoms with Crippen LogP contribution in [0.2, 0.25) is 0 Å². The van der Waals surface area contributed by atoms with E-state index in [1.807, 2.05) is 38.4 Å². The molecule has 1 aromatic heterocycles. The van der Waals surface area contributed by atoms with Crippen LogP contribution in [0.5, 0.6) is 11.5 Å². The van der Waals surface area contributed by atoms with Crippen LogP contribution in [0.1, 0.15) is 11.3 Å². The second-order valence-electron chi connectivity index (χ2n) is 5.19. The highest BCUT2D eigenvalue weighted by atomic mass is 32.2. The van der Waals surface area contributed by atoms with Gasteiger partial charge < -0.3 is 14.4 Å². The predicted octanol–water partition coefficient (Wildman–Crippen LogP) is 2.91. The number of aromatic nitrogens is 2. The fourth-order valence-electron chi connectivity index (χ4n) is 2.35. The van der Waals surface area contributed by atoms with Crippen LogP contribution in [-0.2, 0) is 6.54 Å². The minimum atomic E-state index is 0.606. The number of ether oxygens (including phenoxy) is 2. The molecular formula is C16H19N3O2S. The van der Waals surface area contributed by atoms with Crippen molar-refractivity contribution < 1.29 is 9.47 Å². The van der Waals surface area contributed by atoms with Gasteiger partial charge in [0.2, 0.25) is 0 Å². The van der Waals surface area contributed by atoms with Crippen molar-refractivity contribution in [1.82, 2.24) is 9.97 Å². The monoisotopic (exact) mass is 317 g/mol. The van der Waals surface area contributed by atoms with Gasteiger partial charge in [-0.3, -0.25) is 0 Å². The van der Waals surface area contributed by atoms with E-state index in [0.717, 1.165) is 40.3 Å². The number of hydrogen-bond acceptors (Lipinski definition) is 6. The molecule has 1 aromatic carbocycles. The summed E-state index contributed by atoms with van der Waals surface area (Å²) in [4.78, 5) is 11.1. The van der Waals surface area contributed by atoms with Crippen molar-refractivity contribution >= 4 is 17.6 Å². The summed E-state index contributed by atoms with van der Waals surface area (Å²) in [5, 5.41) is 0.795. The molecular weight excluding hydrogens is 298 g/mol. The SMILES string of the molecule is CSc1nc(C)cc(N(C)Cc2ccc3c(c2)OCCO3)n1. The van der Waals surface area contributed by atoms with E-state index >= 15 is 0 Å². The van der Waals surface area contributed by atoms with Gasteiger partial charge in [-0.2, -0.15) is 0 Å². The van der Waals surface area contributed by atoms with Crippen LogP contribution in [0.3, 0.4) is 0 Å². The summed E-state index contributed by atoms with van der Waals surface area (Å²) in [6.07, 6.45) is 1.99. The summed E-state index contributed by atoms with van der Waals surface area (Å²) >= 11 is 1.55. The van der Waals surface area contributed by atoms with E-state index in [9.17, 15) is 0 Å². The molecule has 0 unspecified atom stereocenters. The molecule has 0 saturated heterocycles. The van der Waals surface area contributed by atoms with Crippen molar-refractivity contribution in [1.29, 1.82) is 0 Å². The predicted molar refractivity (Wildman–Crippen MR) is 88.1 cm³/mol. The third-order valence-electron chi connectivity index (χ3n) is 3.42. The maximum absolute atomic E-state index is 5.63. The summed E-state index contributed by atoms with van der Waals surface area (Å²) in [5.41, 5.74) is 2.14. The van der Waals surface area contributed by atoms with Crippen LogP contribution >= 0.6 is 11.8 Å². The molecule has 0 amide bonds. The second kappa shape index (κ2) is 6.44. The van der Waals surface area contributed by atoms with Gasteiger partial charge in [0.15, 0.2) is 16.7 Å². The minimum Gasteiger partial charge on any atom is -0.486 e. The van der Waals surface area contributed by atoms with Gasteiger partial charge in [-0.05, 0) is 30.9 Å². The fraction of sp³-hybridized carbons (Fsp3) is 0.375. The molecule has 0 bridgehead atoms. The van der Waals surface area contributed by atoms with Crippen molar-refractivity contribution in [3.8, 4) is 11.5 Å². The fourth-order valence-corrected chi connectivity index (χ4v) is 2.77. The molecule has 0 saturated carbocycles. The summed E-state index contributed by atoms with van der Waals surface area (Å²) in [7, 11) is 2.03. The summed E-state index contributed by atoms with van der Waals surface area (Å²) in [6, 6.07) is 8.07. The van der Waals surface area contributed by atoms with Crippen LogP contribution in [0, 0.1) is 6.92 Å². The Kier molecular flexibility index (Phi) is 4.38. The highest BCUT2D eigenvalue weighted by Gasteiger charge is 2.13. The Labute approximate surface area is 134 Å². The van der Waals surface area contributed by atoms with Gasteiger partial charge in [-0.25, -0.2) is 9.97 Å². The Bertz CT molecular complexity index is 678. The molecule has 2 heterocycles. The van der Waals surface area contributed by atoms with Crippen LogP contribution in [-0.4, -0.2) is 36.5 Å². The Balaban J connectivity index is 1.79. The van der Waals surface area contributed by atoms with E-state index in [1.54, 1.807) is 11.8 Å². The number of benzene rings is 1. The van der Waals surface area contributed by atoms with Gasteiger partial charge in [-0.15, -0.1) is 0 Å². The van der Waals surface area contributed by atoms with Gasteiger partial charge in [0.05, 0.1) is 0 Å². The summed E-state index contributed by atoms with van der Waals surface area (Å²) in [6.45, 7) is 3.96. The van der Waals surface area contributed by atoms with Gasteiger partial charge in [-0.1, -0.05) is 17.8 Å². The molecule has 0 atom stereocenters. The molecule has 5 nitrogen and oxygen atoms in total. The van der Waals surface area contributed by atoms with Gasteiger partial charge in [0, 0.05) is 25.4 Å². The van der Waals surface area contributed by atoms with Crippen molar-refractivity contribution in [3.05, 3.63) is 35.5 Å². The third kappa shape index (κ3) is 3.27. The standard InChI is InChI=1S/C16H19N3O2S/c1-11-8-15(18-16(17-11)22-3)19(2)10-12-4-5-13-14(9-12)21-7-6-20-13/h4-5,8-9H,6-7,10H2,1-3H3. The van der Waals surface area contributed by atoms with Crippen LogP contribution in [0.4, 0.5) is 5.82 Å². The van der Waals surface area contributed by atoms with Crippen molar-refractivity contribution in [2.24, 2.45) is 0 Å².